The second-order valence-electron chi connectivity index (χ2n) is 14.2. The second kappa shape index (κ2) is 185. The standard InChI is InChI=1S/C7H7.C6H6N.C6H5O.C4H11N.2C4H9N.C4H10O.2C4H8O.C4H10.C4H8.C3H9N.C3H8O.C3H8.C2H7N.C2H6O.3CH3.3Y/c1-7-5-3-2-4-6-7;2*7-6-4-2-1-3-5-6;6*1-2-3-4-5;2*1-3-4-2;2*1-2-3-4;1-3-2;2*1-2-3;;;;;;/h3-6H,1H3;2-5H,7H2;2-5,7H;2-5H2,1H3;3-4H,2,5H2,1H3;2-3H,4-5H2,1H3;5H,2-4H2,1H3;3-5H,2H2,1H3;2-3,5H,4H2,1H3;3-4H2,1-2H3;3H,1,4H2,2H3;2-4H2,1H3;4H,2-3H2,1H3;3H2,1-2H3;2-3H2,1H3;3H,2H2,1H3;3*1H3;;;/q3*-1;;;;;;;;;;;;;;3*-1;;;/b;;;;4-3+;3-2+;;4-3+;3-2+;;;;;;;;;;;;;. The van der Waals surface area contributed by atoms with E-state index in [0.29, 0.717) is 25.5 Å². The SMILES string of the molecule is C/C=C/CN.C/C=C/CO.C=CCC.CC/C=C/N.CC/C=C/O.CCC.CCCC.CCCCN.CCCCO.CCCN.CCCO.CCN.CCO.Cc1cc[c-]cc1.Nc1cc[c-]cc1.Oc1cc[c-]cc1.[CH3-].[CH3-].[CH3-].[Y].[Y].[Y]. The number of aliphatic hydroxyl groups excluding tert-OH is 5. The molecule has 3 rings (SSSR count). The summed E-state index contributed by atoms with van der Waals surface area (Å²) in [5.74, 6) is 0.291. The van der Waals surface area contributed by atoms with Gasteiger partial charge in [-0.2, -0.15) is 72.3 Å². The van der Waals surface area contributed by atoms with Crippen LogP contribution in [0.15, 0.2) is 134 Å². The van der Waals surface area contributed by atoms with Gasteiger partial charge >= 0.3 is 0 Å². The summed E-state index contributed by atoms with van der Waals surface area (Å²) in [7, 11) is 0. The number of phenols is 1. The minimum atomic E-state index is 0. The van der Waals surface area contributed by atoms with Gasteiger partial charge in [0, 0.05) is 130 Å². The molecule has 15 heteroatoms. The van der Waals surface area contributed by atoms with Crippen molar-refractivity contribution in [3.8, 4) is 5.75 Å². The zero-order valence-electron chi connectivity index (χ0n) is 56.9. The third-order valence-corrected chi connectivity index (χ3v) is 6.13. The zero-order chi connectivity index (χ0) is 61.8. The maximum Gasteiger partial charge on any atom is 0.0751 e. The third kappa shape index (κ3) is 318. The van der Waals surface area contributed by atoms with Crippen molar-refractivity contribution in [2.45, 2.75) is 188 Å². The Hall–Kier alpha value is -1.45. The van der Waals surface area contributed by atoms with E-state index in [1.165, 1.54) is 37.7 Å². The predicted molar refractivity (Wildman–Crippen MR) is 365 cm³/mol. The van der Waals surface area contributed by atoms with E-state index in [4.69, 9.17) is 65.0 Å². The maximum atomic E-state index is 8.61. The number of anilines is 1. The van der Waals surface area contributed by atoms with Gasteiger partial charge in [-0.15, -0.1) is 30.8 Å². The molecule has 0 aliphatic carbocycles. The van der Waals surface area contributed by atoms with Crippen LogP contribution in [0, 0.1) is 47.4 Å². The molecule has 0 aromatic heterocycles. The monoisotopic (exact) mass is 1390 g/mol. The van der Waals surface area contributed by atoms with E-state index >= 15 is 0 Å². The van der Waals surface area contributed by atoms with Crippen LogP contribution in [0.5, 0.6) is 5.75 Å². The van der Waals surface area contributed by atoms with E-state index < -0.39 is 0 Å². The number of aryl methyl sites for hydroxylation is 1. The molecule has 0 saturated heterocycles. The van der Waals surface area contributed by atoms with E-state index in [0.717, 1.165) is 76.5 Å². The molecular formula is C67H138N6O6Y3-6. The van der Waals surface area contributed by atoms with Crippen LogP contribution in [0.3, 0.4) is 0 Å². The van der Waals surface area contributed by atoms with Gasteiger partial charge < -0.3 is 87.3 Å². The van der Waals surface area contributed by atoms with Crippen LogP contribution < -0.4 is 34.4 Å². The number of benzene rings is 3. The molecule has 0 aliphatic rings. The second-order valence-corrected chi connectivity index (χ2v) is 14.2. The molecule has 0 atom stereocenters. The van der Waals surface area contributed by atoms with Crippen molar-refractivity contribution in [1.82, 2.24) is 0 Å². The Kier molecular flexibility index (Phi) is 303. The molecule has 0 saturated carbocycles. The van der Waals surface area contributed by atoms with E-state index in [1.807, 2.05) is 90.1 Å². The Balaban J connectivity index is -0.0000000304. The molecule has 12 nitrogen and oxygen atoms in total. The topological polar surface area (TPSA) is 278 Å². The predicted octanol–water partition coefficient (Wildman–Crippen LogP) is 15.8. The van der Waals surface area contributed by atoms with Gasteiger partial charge in [-0.3, -0.25) is 0 Å². The molecule has 3 aromatic carbocycles. The van der Waals surface area contributed by atoms with Crippen LogP contribution >= 0.6 is 0 Å². The maximum absolute atomic E-state index is 8.61. The Morgan fingerprint density at radius 1 is 0.512 bits per heavy atom. The van der Waals surface area contributed by atoms with Crippen LogP contribution in [0.25, 0.3) is 0 Å². The molecule has 3 aromatic rings. The summed E-state index contributed by atoms with van der Waals surface area (Å²) in [6, 6.07) is 30.1. The van der Waals surface area contributed by atoms with Gasteiger partial charge in [-0.1, -0.05) is 170 Å². The molecule has 0 bridgehead atoms. The Morgan fingerprint density at radius 3 is 0.890 bits per heavy atom. The van der Waals surface area contributed by atoms with E-state index in [9.17, 15) is 0 Å². The van der Waals surface area contributed by atoms with Crippen LogP contribution in [-0.2, 0) is 98.1 Å². The Bertz CT molecular complexity index is 1120. The minimum absolute atomic E-state index is 0. The Labute approximate surface area is 589 Å². The summed E-state index contributed by atoms with van der Waals surface area (Å²) < 4.78 is 0. The normalized spacial score (nSPS) is 7.71. The quantitative estimate of drug-likeness (QED) is 0.0349. The van der Waals surface area contributed by atoms with E-state index in [2.05, 4.69) is 87.1 Å². The van der Waals surface area contributed by atoms with Gasteiger partial charge in [-0.25, -0.2) is 0 Å². The molecule has 82 heavy (non-hydrogen) atoms. The van der Waals surface area contributed by atoms with Crippen molar-refractivity contribution in [2.75, 3.05) is 58.3 Å². The molecule has 0 spiro atoms. The van der Waals surface area contributed by atoms with Gasteiger partial charge in [0.2, 0.25) is 0 Å². The number of aliphatic hydroxyl groups is 5. The van der Waals surface area contributed by atoms with Crippen molar-refractivity contribution in [3.63, 3.8) is 0 Å². The van der Waals surface area contributed by atoms with Crippen molar-refractivity contribution >= 4 is 5.69 Å². The van der Waals surface area contributed by atoms with Gasteiger partial charge in [-0.05, 0) is 91.6 Å². The van der Waals surface area contributed by atoms with Crippen molar-refractivity contribution in [3.05, 3.63) is 180 Å². The molecule has 0 aliphatic heterocycles. The number of hydrogen-bond acceptors (Lipinski definition) is 12. The van der Waals surface area contributed by atoms with Crippen LogP contribution in [0.2, 0.25) is 0 Å². The van der Waals surface area contributed by atoms with Gasteiger partial charge in [0.15, 0.2) is 0 Å². The largest absolute Gasteiger partial charge is 0.533 e. The average Bonchev–Trinajstić information content (AvgIpc) is 3.43. The summed E-state index contributed by atoms with van der Waals surface area (Å²) in [4.78, 5) is 0. The van der Waals surface area contributed by atoms with Crippen LogP contribution in [-0.4, -0.2) is 83.2 Å². The van der Waals surface area contributed by atoms with Gasteiger partial charge in [0.1, 0.15) is 0 Å². The molecule has 0 amide bonds. The molecule has 487 valence electrons. The number of nitrogens with two attached hydrogens (primary N) is 6. The van der Waals surface area contributed by atoms with Crippen molar-refractivity contribution in [2.24, 2.45) is 28.7 Å². The molecular weight excluding hydrogens is 1250 g/mol. The molecule has 0 unspecified atom stereocenters. The zero-order valence-corrected chi connectivity index (χ0v) is 65.4. The third-order valence-electron chi connectivity index (χ3n) is 6.13. The number of rotatable bonds is 12. The first kappa shape index (κ1) is 135. The number of nitrogen functional groups attached to an aromatic ring is 1. The molecule has 18 N–H and O–H groups in total. The van der Waals surface area contributed by atoms with Crippen LogP contribution in [0.1, 0.15) is 186 Å². The first-order valence-electron chi connectivity index (χ1n) is 27.6. The summed E-state index contributed by atoms with van der Waals surface area (Å²) in [5, 5.41) is 48.0. The first-order valence-corrected chi connectivity index (χ1v) is 27.6. The summed E-state index contributed by atoms with van der Waals surface area (Å²) in [6.07, 6.45) is 28.7. The van der Waals surface area contributed by atoms with Crippen molar-refractivity contribution in [1.29, 1.82) is 0 Å². The van der Waals surface area contributed by atoms with E-state index in [1.54, 1.807) is 79.9 Å². The number of phenolic OH excluding ortho intramolecular Hbond substituents is 1. The fraction of sp³-hybridized carbons (Fsp3) is 0.537. The smallest absolute Gasteiger partial charge is 0.0751 e. The van der Waals surface area contributed by atoms with Crippen molar-refractivity contribution < 1.29 is 129 Å². The minimum Gasteiger partial charge on any atom is -0.533 e. The van der Waals surface area contributed by atoms with E-state index in [-0.39, 0.29) is 134 Å². The fourth-order valence-electron chi connectivity index (χ4n) is 2.09. The molecule has 3 radical (unpaired) electrons. The Morgan fingerprint density at radius 2 is 0.841 bits per heavy atom. The van der Waals surface area contributed by atoms with Crippen LogP contribution in [0.4, 0.5) is 5.69 Å². The first-order chi connectivity index (χ1) is 36.6. The summed E-state index contributed by atoms with van der Waals surface area (Å²) >= 11 is 0. The number of hydrogen-bond donors (Lipinski definition) is 12. The number of allylic oxidation sites excluding steroid dienone is 5. The fourth-order valence-corrected chi connectivity index (χ4v) is 2.09. The van der Waals surface area contributed by atoms with Gasteiger partial charge in [0.25, 0.3) is 0 Å². The average molecular weight is 1390 g/mol. The summed E-state index contributed by atoms with van der Waals surface area (Å²) in [6.45, 7) is 40.0. The summed E-state index contributed by atoms with van der Waals surface area (Å²) in [5.41, 5.74) is 32.4. The molecule has 0 heterocycles. The number of aromatic hydroxyl groups is 1. The molecule has 0 fully saturated rings. The number of unbranched alkanes of at least 4 members (excludes halogenated alkanes) is 3. The van der Waals surface area contributed by atoms with Gasteiger partial charge in [0.05, 0.1) is 12.9 Å².